The average molecular weight is 284 g/mol. The standard InChI is InChI=1S/C14H18F2N2O2/c1-17-5-7-18(8-6-17)9-12(19)10-3-4-11(15)14(20-2)13(10)16/h3-4H,5-9H2,1-2H3. The van der Waals surface area contributed by atoms with Crippen molar-refractivity contribution in [3.63, 3.8) is 0 Å². The summed E-state index contributed by atoms with van der Waals surface area (Å²) in [6.45, 7) is 3.43. The van der Waals surface area contributed by atoms with Gasteiger partial charge in [0, 0.05) is 26.2 Å². The Morgan fingerprint density at radius 1 is 1.25 bits per heavy atom. The minimum atomic E-state index is -0.924. The maximum Gasteiger partial charge on any atom is 0.191 e. The van der Waals surface area contributed by atoms with Crippen LogP contribution in [-0.4, -0.2) is 62.5 Å². The van der Waals surface area contributed by atoms with Gasteiger partial charge >= 0.3 is 0 Å². The van der Waals surface area contributed by atoms with Gasteiger partial charge < -0.3 is 9.64 Å². The Kier molecular flexibility index (Phi) is 4.67. The molecular formula is C14H18F2N2O2. The zero-order valence-electron chi connectivity index (χ0n) is 11.7. The normalized spacial score (nSPS) is 17.2. The van der Waals surface area contributed by atoms with E-state index in [1.807, 2.05) is 11.9 Å². The smallest absolute Gasteiger partial charge is 0.191 e. The number of hydrogen-bond acceptors (Lipinski definition) is 4. The number of carbonyl (C=O) groups excluding carboxylic acids is 1. The number of carbonyl (C=O) groups is 1. The predicted molar refractivity (Wildman–Crippen MR) is 71.2 cm³/mol. The molecule has 0 unspecified atom stereocenters. The monoisotopic (exact) mass is 284 g/mol. The van der Waals surface area contributed by atoms with Crippen LogP contribution >= 0.6 is 0 Å². The Balaban J connectivity index is 2.10. The first-order valence-electron chi connectivity index (χ1n) is 6.49. The fraction of sp³-hybridized carbons (Fsp3) is 0.500. The lowest BCUT2D eigenvalue weighted by Gasteiger charge is -2.31. The van der Waals surface area contributed by atoms with E-state index in [-0.39, 0.29) is 17.9 Å². The molecule has 0 radical (unpaired) electrons. The van der Waals surface area contributed by atoms with E-state index in [0.717, 1.165) is 32.2 Å². The maximum absolute atomic E-state index is 14.0. The van der Waals surface area contributed by atoms with E-state index in [1.165, 1.54) is 13.2 Å². The SMILES string of the molecule is COc1c(F)ccc(C(=O)CN2CCN(C)CC2)c1F. The maximum atomic E-state index is 14.0. The van der Waals surface area contributed by atoms with E-state index >= 15 is 0 Å². The quantitative estimate of drug-likeness (QED) is 0.783. The second-order valence-electron chi connectivity index (χ2n) is 4.94. The van der Waals surface area contributed by atoms with Gasteiger partial charge in [0.1, 0.15) is 0 Å². The van der Waals surface area contributed by atoms with Gasteiger partial charge in [0.2, 0.25) is 0 Å². The Labute approximate surface area is 116 Å². The van der Waals surface area contributed by atoms with E-state index in [2.05, 4.69) is 9.64 Å². The third kappa shape index (κ3) is 3.13. The van der Waals surface area contributed by atoms with Crippen LogP contribution in [0.1, 0.15) is 10.4 Å². The van der Waals surface area contributed by atoms with Gasteiger partial charge in [-0.05, 0) is 19.2 Å². The van der Waals surface area contributed by atoms with E-state index in [0.29, 0.717) is 0 Å². The summed E-state index contributed by atoms with van der Waals surface area (Å²) in [5.41, 5.74) is -0.123. The molecule has 0 atom stereocenters. The average Bonchev–Trinajstić information content (AvgIpc) is 2.42. The molecular weight excluding hydrogens is 266 g/mol. The number of rotatable bonds is 4. The number of ketones is 1. The van der Waals surface area contributed by atoms with Crippen molar-refractivity contribution >= 4 is 5.78 Å². The van der Waals surface area contributed by atoms with E-state index in [1.54, 1.807) is 0 Å². The lowest BCUT2D eigenvalue weighted by atomic mass is 10.1. The molecule has 1 heterocycles. The first-order valence-corrected chi connectivity index (χ1v) is 6.49. The summed E-state index contributed by atoms with van der Waals surface area (Å²) in [4.78, 5) is 16.3. The largest absolute Gasteiger partial charge is 0.491 e. The highest BCUT2D eigenvalue weighted by atomic mass is 19.1. The third-order valence-electron chi connectivity index (χ3n) is 3.52. The van der Waals surface area contributed by atoms with Gasteiger partial charge in [0.25, 0.3) is 0 Å². The number of Topliss-reactive ketones (excluding diaryl/α,β-unsaturated/α-hetero) is 1. The van der Waals surface area contributed by atoms with E-state index in [9.17, 15) is 13.6 Å². The molecule has 0 N–H and O–H groups in total. The van der Waals surface area contributed by atoms with Crippen molar-refractivity contribution in [3.8, 4) is 5.75 Å². The minimum absolute atomic E-state index is 0.123. The summed E-state index contributed by atoms with van der Waals surface area (Å²) in [5, 5.41) is 0. The van der Waals surface area contributed by atoms with E-state index in [4.69, 9.17) is 0 Å². The lowest BCUT2D eigenvalue weighted by molar-refractivity contribution is 0.0871. The molecule has 4 nitrogen and oxygen atoms in total. The number of benzene rings is 1. The van der Waals surface area contributed by atoms with E-state index < -0.39 is 17.4 Å². The summed E-state index contributed by atoms with van der Waals surface area (Å²) < 4.78 is 31.9. The number of methoxy groups -OCH3 is 1. The van der Waals surface area contributed by atoms with Crippen molar-refractivity contribution in [3.05, 3.63) is 29.3 Å². The van der Waals surface area contributed by atoms with Crippen molar-refractivity contribution < 1.29 is 18.3 Å². The molecule has 1 aromatic rings. The Bertz CT molecular complexity index is 500. The van der Waals surface area contributed by atoms with Crippen LogP contribution in [0.25, 0.3) is 0 Å². The van der Waals surface area contributed by atoms with Crippen LogP contribution in [0.5, 0.6) is 5.75 Å². The Hall–Kier alpha value is -1.53. The van der Waals surface area contributed by atoms with Crippen LogP contribution in [0.2, 0.25) is 0 Å². The highest BCUT2D eigenvalue weighted by molar-refractivity contribution is 5.98. The Morgan fingerprint density at radius 3 is 2.50 bits per heavy atom. The summed E-state index contributed by atoms with van der Waals surface area (Å²) in [7, 11) is 3.19. The number of likely N-dealkylation sites (N-methyl/N-ethyl adjacent to an activating group) is 1. The van der Waals surface area contributed by atoms with Crippen molar-refractivity contribution in [1.29, 1.82) is 0 Å². The van der Waals surface area contributed by atoms with Crippen molar-refractivity contribution in [2.24, 2.45) is 0 Å². The molecule has 0 spiro atoms. The van der Waals surface area contributed by atoms with Gasteiger partial charge in [0.15, 0.2) is 23.2 Å². The predicted octanol–water partition coefficient (Wildman–Crippen LogP) is 1.40. The zero-order chi connectivity index (χ0) is 14.7. The molecule has 0 bridgehead atoms. The molecule has 0 aromatic heterocycles. The molecule has 2 rings (SSSR count). The topological polar surface area (TPSA) is 32.8 Å². The van der Waals surface area contributed by atoms with Crippen LogP contribution in [0.3, 0.4) is 0 Å². The summed E-state index contributed by atoms with van der Waals surface area (Å²) >= 11 is 0. The van der Waals surface area contributed by atoms with Crippen molar-refractivity contribution in [2.45, 2.75) is 0 Å². The molecule has 1 saturated heterocycles. The lowest BCUT2D eigenvalue weighted by Crippen LogP contribution is -2.46. The van der Waals surface area contributed by atoms with Crippen LogP contribution in [-0.2, 0) is 0 Å². The van der Waals surface area contributed by atoms with Gasteiger partial charge in [-0.15, -0.1) is 0 Å². The minimum Gasteiger partial charge on any atom is -0.491 e. The second kappa shape index (κ2) is 6.28. The fourth-order valence-electron chi connectivity index (χ4n) is 2.23. The molecule has 0 saturated carbocycles. The molecule has 0 amide bonds. The molecule has 1 aliphatic rings. The van der Waals surface area contributed by atoms with Gasteiger partial charge in [0.05, 0.1) is 19.2 Å². The fourth-order valence-corrected chi connectivity index (χ4v) is 2.23. The summed E-state index contributed by atoms with van der Waals surface area (Å²) in [6.07, 6.45) is 0. The van der Waals surface area contributed by atoms with Gasteiger partial charge in [-0.2, -0.15) is 0 Å². The molecule has 0 aliphatic carbocycles. The number of ether oxygens (including phenoxy) is 1. The number of nitrogens with zero attached hydrogens (tertiary/aromatic N) is 2. The highest BCUT2D eigenvalue weighted by Gasteiger charge is 2.22. The van der Waals surface area contributed by atoms with Gasteiger partial charge in [-0.3, -0.25) is 9.69 Å². The zero-order valence-corrected chi connectivity index (χ0v) is 11.7. The first-order chi connectivity index (χ1) is 9.52. The molecule has 1 aliphatic heterocycles. The molecule has 1 fully saturated rings. The van der Waals surface area contributed by atoms with Crippen LogP contribution < -0.4 is 4.74 Å². The number of hydrogen-bond donors (Lipinski definition) is 0. The first kappa shape index (κ1) is 14.9. The molecule has 1 aromatic carbocycles. The number of piperazine rings is 1. The summed E-state index contributed by atoms with van der Waals surface area (Å²) in [6, 6.07) is 2.23. The van der Waals surface area contributed by atoms with Crippen LogP contribution in [0, 0.1) is 11.6 Å². The Morgan fingerprint density at radius 2 is 1.90 bits per heavy atom. The molecule has 6 heteroatoms. The van der Waals surface area contributed by atoms with Gasteiger partial charge in [-0.25, -0.2) is 8.78 Å². The summed E-state index contributed by atoms with van der Waals surface area (Å²) in [5.74, 6) is -2.59. The third-order valence-corrected chi connectivity index (χ3v) is 3.52. The molecule has 110 valence electrons. The second-order valence-corrected chi connectivity index (χ2v) is 4.94. The van der Waals surface area contributed by atoms with Crippen LogP contribution in [0.15, 0.2) is 12.1 Å². The van der Waals surface area contributed by atoms with Crippen molar-refractivity contribution in [2.75, 3.05) is 46.9 Å². The molecule has 20 heavy (non-hydrogen) atoms. The van der Waals surface area contributed by atoms with Crippen LogP contribution in [0.4, 0.5) is 8.78 Å². The highest BCUT2D eigenvalue weighted by Crippen LogP contribution is 2.24. The van der Waals surface area contributed by atoms with Crippen molar-refractivity contribution in [1.82, 2.24) is 9.80 Å². The van der Waals surface area contributed by atoms with Gasteiger partial charge in [-0.1, -0.05) is 0 Å². The number of halogens is 2.